The summed E-state index contributed by atoms with van der Waals surface area (Å²) in [6.45, 7) is 0.697. The van der Waals surface area contributed by atoms with E-state index in [1.165, 1.54) is 6.07 Å². The van der Waals surface area contributed by atoms with Gasteiger partial charge in [-0.2, -0.15) is 0 Å². The molecule has 0 aromatic heterocycles. The molecule has 1 heterocycles. The van der Waals surface area contributed by atoms with E-state index >= 15 is 0 Å². The molecule has 0 radical (unpaired) electrons. The van der Waals surface area contributed by atoms with Crippen molar-refractivity contribution in [2.45, 2.75) is 6.54 Å². The van der Waals surface area contributed by atoms with Crippen LogP contribution in [0.3, 0.4) is 0 Å². The van der Waals surface area contributed by atoms with E-state index in [9.17, 15) is 8.78 Å². The summed E-state index contributed by atoms with van der Waals surface area (Å²) >= 11 is 0. The standard InChI is InChI=1S/C15H13F2NO2/c1-18(8-10-2-4-12(16)13(17)6-10)11-3-5-14-15(7-11)20-9-19-14/h2-7H,8-9H2,1H3. The summed E-state index contributed by atoms with van der Waals surface area (Å²) in [5, 5.41) is 0. The second kappa shape index (κ2) is 5.00. The number of anilines is 1. The molecule has 20 heavy (non-hydrogen) atoms. The van der Waals surface area contributed by atoms with E-state index in [2.05, 4.69) is 0 Å². The summed E-state index contributed by atoms with van der Waals surface area (Å²) in [4.78, 5) is 1.93. The maximum Gasteiger partial charge on any atom is 0.231 e. The zero-order valence-electron chi connectivity index (χ0n) is 10.9. The first-order valence-electron chi connectivity index (χ1n) is 6.18. The van der Waals surface area contributed by atoms with Crippen LogP contribution in [0, 0.1) is 11.6 Å². The molecule has 0 aliphatic carbocycles. The molecular weight excluding hydrogens is 264 g/mol. The van der Waals surface area contributed by atoms with Crippen molar-refractivity contribution in [1.82, 2.24) is 0 Å². The fourth-order valence-electron chi connectivity index (χ4n) is 2.13. The predicted octanol–water partition coefficient (Wildman–Crippen LogP) is 3.33. The average molecular weight is 277 g/mol. The molecule has 0 fully saturated rings. The van der Waals surface area contributed by atoms with Crippen LogP contribution in [0.25, 0.3) is 0 Å². The Hall–Kier alpha value is -2.30. The SMILES string of the molecule is CN(Cc1ccc(F)c(F)c1)c1ccc2c(c1)OCO2. The van der Waals surface area contributed by atoms with Crippen LogP contribution in [0.5, 0.6) is 11.5 Å². The number of benzene rings is 2. The molecule has 3 rings (SSSR count). The molecule has 0 N–H and O–H groups in total. The number of rotatable bonds is 3. The summed E-state index contributed by atoms with van der Waals surface area (Å²) in [6, 6.07) is 9.51. The molecule has 1 aliphatic rings. The Morgan fingerprint density at radius 3 is 2.60 bits per heavy atom. The van der Waals surface area contributed by atoms with Crippen molar-refractivity contribution in [2.24, 2.45) is 0 Å². The molecule has 2 aromatic carbocycles. The average Bonchev–Trinajstić information content (AvgIpc) is 2.90. The molecule has 0 amide bonds. The van der Waals surface area contributed by atoms with Gasteiger partial charge in [0.25, 0.3) is 0 Å². The molecule has 3 nitrogen and oxygen atoms in total. The van der Waals surface area contributed by atoms with Crippen molar-refractivity contribution in [3.63, 3.8) is 0 Å². The van der Waals surface area contributed by atoms with Crippen LogP contribution in [0.4, 0.5) is 14.5 Å². The van der Waals surface area contributed by atoms with E-state index in [1.807, 2.05) is 30.1 Å². The van der Waals surface area contributed by atoms with E-state index in [0.29, 0.717) is 17.9 Å². The van der Waals surface area contributed by atoms with Crippen molar-refractivity contribution in [3.8, 4) is 11.5 Å². The van der Waals surface area contributed by atoms with Crippen LogP contribution in [0.1, 0.15) is 5.56 Å². The monoisotopic (exact) mass is 277 g/mol. The Bertz CT molecular complexity index is 646. The largest absolute Gasteiger partial charge is 0.454 e. The van der Waals surface area contributed by atoms with E-state index in [1.54, 1.807) is 6.07 Å². The van der Waals surface area contributed by atoms with Gasteiger partial charge in [0.2, 0.25) is 6.79 Å². The summed E-state index contributed by atoms with van der Waals surface area (Å²) in [5.74, 6) is -0.254. The molecule has 2 aromatic rings. The first-order valence-corrected chi connectivity index (χ1v) is 6.18. The predicted molar refractivity (Wildman–Crippen MR) is 71.0 cm³/mol. The second-order valence-electron chi connectivity index (χ2n) is 4.64. The summed E-state index contributed by atoms with van der Waals surface area (Å²) in [7, 11) is 1.87. The third-order valence-electron chi connectivity index (χ3n) is 3.20. The minimum absolute atomic E-state index is 0.228. The number of hydrogen-bond donors (Lipinski definition) is 0. The minimum Gasteiger partial charge on any atom is -0.454 e. The van der Waals surface area contributed by atoms with Crippen LogP contribution in [-0.2, 0) is 6.54 Å². The molecule has 5 heteroatoms. The summed E-state index contributed by atoms with van der Waals surface area (Å²) < 4.78 is 36.6. The van der Waals surface area contributed by atoms with Gasteiger partial charge >= 0.3 is 0 Å². The molecule has 104 valence electrons. The molecule has 0 saturated carbocycles. The van der Waals surface area contributed by atoms with E-state index < -0.39 is 11.6 Å². The molecular formula is C15H13F2NO2. The van der Waals surface area contributed by atoms with Gasteiger partial charge in [-0.1, -0.05) is 6.07 Å². The van der Waals surface area contributed by atoms with Crippen molar-refractivity contribution in [1.29, 1.82) is 0 Å². The Morgan fingerprint density at radius 1 is 1.00 bits per heavy atom. The van der Waals surface area contributed by atoms with Crippen LogP contribution in [0.15, 0.2) is 36.4 Å². The number of halogens is 2. The highest BCUT2D eigenvalue weighted by atomic mass is 19.2. The molecule has 0 saturated heterocycles. The number of hydrogen-bond acceptors (Lipinski definition) is 3. The molecule has 0 bridgehead atoms. The second-order valence-corrected chi connectivity index (χ2v) is 4.64. The van der Waals surface area contributed by atoms with Crippen LogP contribution in [0.2, 0.25) is 0 Å². The fourth-order valence-corrected chi connectivity index (χ4v) is 2.13. The van der Waals surface area contributed by atoms with Gasteiger partial charge in [0, 0.05) is 25.3 Å². The van der Waals surface area contributed by atoms with Gasteiger partial charge in [-0.15, -0.1) is 0 Å². The van der Waals surface area contributed by atoms with Crippen molar-refractivity contribution in [2.75, 3.05) is 18.7 Å². The van der Waals surface area contributed by atoms with Crippen molar-refractivity contribution in [3.05, 3.63) is 53.6 Å². The van der Waals surface area contributed by atoms with Crippen LogP contribution >= 0.6 is 0 Å². The van der Waals surface area contributed by atoms with Crippen molar-refractivity contribution >= 4 is 5.69 Å². The number of ether oxygens (including phenoxy) is 2. The third kappa shape index (κ3) is 2.39. The fraction of sp³-hybridized carbons (Fsp3) is 0.200. The third-order valence-corrected chi connectivity index (χ3v) is 3.20. The normalized spacial score (nSPS) is 12.6. The Balaban J connectivity index is 1.78. The van der Waals surface area contributed by atoms with Crippen molar-refractivity contribution < 1.29 is 18.3 Å². The Morgan fingerprint density at radius 2 is 1.80 bits per heavy atom. The lowest BCUT2D eigenvalue weighted by molar-refractivity contribution is 0.174. The van der Waals surface area contributed by atoms with E-state index in [0.717, 1.165) is 17.5 Å². The lowest BCUT2D eigenvalue weighted by Gasteiger charge is -2.19. The molecule has 1 aliphatic heterocycles. The molecule has 0 unspecified atom stereocenters. The van der Waals surface area contributed by atoms with Crippen LogP contribution in [-0.4, -0.2) is 13.8 Å². The van der Waals surface area contributed by atoms with Gasteiger partial charge in [0.1, 0.15) is 0 Å². The highest BCUT2D eigenvalue weighted by molar-refractivity contribution is 5.57. The smallest absolute Gasteiger partial charge is 0.231 e. The van der Waals surface area contributed by atoms with E-state index in [-0.39, 0.29) is 6.79 Å². The minimum atomic E-state index is -0.834. The zero-order chi connectivity index (χ0) is 14.1. The maximum absolute atomic E-state index is 13.2. The van der Waals surface area contributed by atoms with Gasteiger partial charge in [-0.3, -0.25) is 0 Å². The molecule has 0 spiro atoms. The maximum atomic E-state index is 13.2. The van der Waals surface area contributed by atoms with Gasteiger partial charge < -0.3 is 14.4 Å². The van der Waals surface area contributed by atoms with E-state index in [4.69, 9.17) is 9.47 Å². The quantitative estimate of drug-likeness (QED) is 0.859. The lowest BCUT2D eigenvalue weighted by atomic mass is 10.2. The first-order chi connectivity index (χ1) is 9.63. The van der Waals surface area contributed by atoms with Gasteiger partial charge in [-0.25, -0.2) is 8.78 Å². The van der Waals surface area contributed by atoms with Crippen LogP contribution < -0.4 is 14.4 Å². The van der Waals surface area contributed by atoms with Gasteiger partial charge in [-0.05, 0) is 29.8 Å². The topological polar surface area (TPSA) is 21.7 Å². The van der Waals surface area contributed by atoms with Gasteiger partial charge in [0.15, 0.2) is 23.1 Å². The number of nitrogens with zero attached hydrogens (tertiary/aromatic N) is 1. The first kappa shape index (κ1) is 12.7. The Kier molecular flexibility index (Phi) is 3.18. The number of fused-ring (bicyclic) bond motifs is 1. The highest BCUT2D eigenvalue weighted by Gasteiger charge is 2.15. The lowest BCUT2D eigenvalue weighted by Crippen LogP contribution is -2.16. The summed E-state index contributed by atoms with van der Waals surface area (Å²) in [6.07, 6.45) is 0. The Labute approximate surface area is 115 Å². The highest BCUT2D eigenvalue weighted by Crippen LogP contribution is 2.35. The zero-order valence-corrected chi connectivity index (χ0v) is 10.9. The van der Waals surface area contributed by atoms with Gasteiger partial charge in [0.05, 0.1) is 0 Å². The summed E-state index contributed by atoms with van der Waals surface area (Å²) in [5.41, 5.74) is 1.61. The molecule has 0 atom stereocenters.